The van der Waals surface area contributed by atoms with Crippen LogP contribution in [0.4, 0.5) is 0 Å². The summed E-state index contributed by atoms with van der Waals surface area (Å²) < 4.78 is 0. The van der Waals surface area contributed by atoms with Crippen molar-refractivity contribution in [3.05, 3.63) is 48.6 Å². The van der Waals surface area contributed by atoms with E-state index in [2.05, 4.69) is 31.2 Å². The summed E-state index contributed by atoms with van der Waals surface area (Å²) in [4.78, 5) is 22.7. The van der Waals surface area contributed by atoms with Gasteiger partial charge in [-0.25, -0.2) is 0 Å². The van der Waals surface area contributed by atoms with Crippen LogP contribution in [0.2, 0.25) is 0 Å². The number of aliphatic hydroxyl groups is 2. The van der Waals surface area contributed by atoms with Gasteiger partial charge in [-0.2, -0.15) is 0 Å². The molecular weight excluding hydrogens is 344 g/mol. The van der Waals surface area contributed by atoms with E-state index in [-0.39, 0.29) is 36.9 Å². The van der Waals surface area contributed by atoms with E-state index in [4.69, 9.17) is 5.11 Å². The summed E-state index contributed by atoms with van der Waals surface area (Å²) in [6, 6.07) is 0. The Morgan fingerprint density at radius 3 is 2.41 bits per heavy atom. The number of carboxylic acids is 1. The molecule has 0 aromatic heterocycles. The second-order valence-electron chi connectivity index (χ2n) is 6.84. The van der Waals surface area contributed by atoms with Crippen molar-refractivity contribution >= 4 is 11.8 Å². The highest BCUT2D eigenvalue weighted by Crippen LogP contribution is 2.33. The Bertz CT molecular complexity index is 573. The number of carboxylic acid groups (broad SMARTS) is 1. The zero-order valence-corrected chi connectivity index (χ0v) is 16.0. The molecule has 150 valence electrons. The summed E-state index contributed by atoms with van der Waals surface area (Å²) in [5, 5.41) is 28.6. The van der Waals surface area contributed by atoms with Crippen LogP contribution in [0.1, 0.15) is 51.9 Å². The highest BCUT2D eigenvalue weighted by molar-refractivity contribution is 5.84. The van der Waals surface area contributed by atoms with E-state index in [0.717, 1.165) is 19.3 Å². The van der Waals surface area contributed by atoms with Crippen molar-refractivity contribution in [1.29, 1.82) is 0 Å². The van der Waals surface area contributed by atoms with E-state index >= 15 is 0 Å². The molecule has 4 atom stereocenters. The third-order valence-electron chi connectivity index (χ3n) is 4.61. The number of aliphatic carboxylic acids is 1. The normalized spacial score (nSPS) is 24.9. The van der Waals surface area contributed by atoms with Gasteiger partial charge in [-0.05, 0) is 32.1 Å². The number of aliphatic hydroxyl groups excluding tert-OH is 2. The molecule has 0 unspecified atom stereocenters. The average molecular weight is 376 g/mol. The molecule has 0 saturated heterocycles. The molecule has 0 aromatic rings. The smallest absolute Gasteiger partial charge is 0.303 e. The molecule has 3 N–H and O–H groups in total. The molecule has 27 heavy (non-hydrogen) atoms. The number of allylic oxidation sites excluding steroid dienone is 6. The molecule has 0 heterocycles. The zero-order chi connectivity index (χ0) is 20.1. The van der Waals surface area contributed by atoms with Gasteiger partial charge in [0.25, 0.3) is 0 Å². The van der Waals surface area contributed by atoms with E-state index in [9.17, 15) is 19.8 Å². The molecule has 5 nitrogen and oxygen atoms in total. The lowest BCUT2D eigenvalue weighted by molar-refractivity contribution is -0.137. The Kier molecular flexibility index (Phi) is 11.3. The zero-order valence-electron chi connectivity index (χ0n) is 16.0. The van der Waals surface area contributed by atoms with E-state index in [0.29, 0.717) is 6.42 Å². The van der Waals surface area contributed by atoms with Crippen molar-refractivity contribution < 1.29 is 24.9 Å². The van der Waals surface area contributed by atoms with Crippen molar-refractivity contribution in [2.45, 2.75) is 64.1 Å². The summed E-state index contributed by atoms with van der Waals surface area (Å²) in [6.45, 7) is 2.10. The molecule has 1 aliphatic rings. The van der Waals surface area contributed by atoms with E-state index in [1.54, 1.807) is 6.08 Å². The fraction of sp³-hybridized carbons (Fsp3) is 0.545. The lowest BCUT2D eigenvalue weighted by Crippen LogP contribution is -2.19. The van der Waals surface area contributed by atoms with Gasteiger partial charge in [-0.1, -0.05) is 55.5 Å². The number of carbonyl (C=O) groups is 2. The van der Waals surface area contributed by atoms with E-state index in [1.807, 2.05) is 12.2 Å². The molecule has 1 saturated carbocycles. The minimum Gasteiger partial charge on any atom is -0.481 e. The Labute approximate surface area is 161 Å². The van der Waals surface area contributed by atoms with Gasteiger partial charge < -0.3 is 15.3 Å². The van der Waals surface area contributed by atoms with Crippen LogP contribution in [0.15, 0.2) is 48.6 Å². The van der Waals surface area contributed by atoms with Gasteiger partial charge in [0.2, 0.25) is 0 Å². The van der Waals surface area contributed by atoms with Gasteiger partial charge in [0, 0.05) is 24.7 Å². The van der Waals surface area contributed by atoms with Crippen molar-refractivity contribution in [3.63, 3.8) is 0 Å². The summed E-state index contributed by atoms with van der Waals surface area (Å²) >= 11 is 0. The topological polar surface area (TPSA) is 94.8 Å². The number of rotatable bonds is 12. The van der Waals surface area contributed by atoms with E-state index in [1.165, 1.54) is 6.08 Å². The Morgan fingerprint density at radius 1 is 1.15 bits per heavy atom. The van der Waals surface area contributed by atoms with Gasteiger partial charge in [-0.15, -0.1) is 0 Å². The summed E-state index contributed by atoms with van der Waals surface area (Å²) in [7, 11) is 0. The highest BCUT2D eigenvalue weighted by Gasteiger charge is 2.39. The van der Waals surface area contributed by atoms with Gasteiger partial charge in [0.05, 0.1) is 12.2 Å². The number of carbonyl (C=O) groups excluding carboxylic acids is 1. The first-order valence-corrected chi connectivity index (χ1v) is 9.69. The van der Waals surface area contributed by atoms with Gasteiger partial charge >= 0.3 is 5.97 Å². The summed E-state index contributed by atoms with van der Waals surface area (Å²) in [6.07, 6.45) is 17.4. The van der Waals surface area contributed by atoms with Crippen molar-refractivity contribution in [2.24, 2.45) is 11.8 Å². The molecule has 0 bridgehead atoms. The molecule has 0 aromatic carbocycles. The summed E-state index contributed by atoms with van der Waals surface area (Å²) in [5.74, 6) is -1.56. The molecule has 1 rings (SSSR count). The Morgan fingerprint density at radius 2 is 1.78 bits per heavy atom. The van der Waals surface area contributed by atoms with Crippen LogP contribution >= 0.6 is 0 Å². The fourth-order valence-corrected chi connectivity index (χ4v) is 3.10. The van der Waals surface area contributed by atoms with Crippen LogP contribution < -0.4 is 0 Å². The largest absolute Gasteiger partial charge is 0.481 e. The van der Waals surface area contributed by atoms with Crippen molar-refractivity contribution in [3.8, 4) is 0 Å². The number of hydrogen-bond donors (Lipinski definition) is 3. The van der Waals surface area contributed by atoms with Crippen LogP contribution in [0.25, 0.3) is 0 Å². The van der Waals surface area contributed by atoms with Crippen LogP contribution in [-0.2, 0) is 9.59 Å². The molecule has 1 fully saturated rings. The third-order valence-corrected chi connectivity index (χ3v) is 4.61. The molecule has 5 heteroatoms. The van der Waals surface area contributed by atoms with Crippen LogP contribution in [0.3, 0.4) is 0 Å². The lowest BCUT2D eigenvalue weighted by atomic mass is 9.90. The number of Topliss-reactive ketones (excluding diaryl/α,β-unsaturated/α-hetero) is 1. The number of ketones is 1. The molecule has 1 aliphatic carbocycles. The Balaban J connectivity index is 2.48. The maximum atomic E-state index is 12.1. The van der Waals surface area contributed by atoms with Gasteiger partial charge in [0.1, 0.15) is 5.78 Å². The van der Waals surface area contributed by atoms with Crippen molar-refractivity contribution in [1.82, 2.24) is 0 Å². The van der Waals surface area contributed by atoms with E-state index < -0.39 is 18.2 Å². The number of hydrogen-bond acceptors (Lipinski definition) is 4. The average Bonchev–Trinajstić information content (AvgIpc) is 2.89. The SMILES string of the molecule is CC/C=C\C/C=C\C/C=C\C[C@H]1C(=O)C[C@@H](O)[C@H]1/C=C/[C@H](O)CCC(=O)O. The highest BCUT2D eigenvalue weighted by atomic mass is 16.4. The molecule has 0 amide bonds. The predicted molar refractivity (Wildman–Crippen MR) is 106 cm³/mol. The van der Waals surface area contributed by atoms with Gasteiger partial charge in [-0.3, -0.25) is 9.59 Å². The monoisotopic (exact) mass is 376 g/mol. The van der Waals surface area contributed by atoms with Crippen molar-refractivity contribution in [2.75, 3.05) is 0 Å². The second kappa shape index (κ2) is 13.2. The Hall–Kier alpha value is -1.98. The maximum Gasteiger partial charge on any atom is 0.303 e. The first-order chi connectivity index (χ1) is 13.0. The van der Waals surface area contributed by atoms with Gasteiger partial charge in [0.15, 0.2) is 0 Å². The predicted octanol–water partition coefficient (Wildman–Crippen LogP) is 3.58. The molecule has 0 radical (unpaired) electrons. The first kappa shape index (κ1) is 23.1. The molecule has 0 spiro atoms. The first-order valence-electron chi connectivity index (χ1n) is 9.69. The second-order valence-corrected chi connectivity index (χ2v) is 6.84. The van der Waals surface area contributed by atoms with Crippen LogP contribution in [0, 0.1) is 11.8 Å². The standard InChI is InChI=1S/C22H32O5/c1-2-3-4-5-6-7-8-9-10-11-18-19(21(25)16-20(18)24)14-12-17(23)13-15-22(26)27/h3-4,6-7,9-10,12,14,17-19,21,23,25H,2,5,8,11,13,15-16H2,1H3,(H,26,27)/b4-3-,7-6-,10-9-,14-12+/t17-,18+,19-,21+/m0/s1. The van der Waals surface area contributed by atoms with Crippen LogP contribution in [0.5, 0.6) is 0 Å². The minimum absolute atomic E-state index is 0.0297. The summed E-state index contributed by atoms with van der Waals surface area (Å²) in [5.41, 5.74) is 0. The minimum atomic E-state index is -0.961. The molecule has 0 aliphatic heterocycles. The maximum absolute atomic E-state index is 12.1. The van der Waals surface area contributed by atoms with Crippen LogP contribution in [-0.4, -0.2) is 39.3 Å². The quantitative estimate of drug-likeness (QED) is 0.453. The third kappa shape index (κ3) is 9.50. The fourth-order valence-electron chi connectivity index (χ4n) is 3.10. The lowest BCUT2D eigenvalue weighted by Gasteiger charge is -2.16. The molecular formula is C22H32O5.